The zero-order valence-corrected chi connectivity index (χ0v) is 11.0. The first-order chi connectivity index (χ1) is 8.09. The number of ether oxygens (including phenoxy) is 1. The summed E-state index contributed by atoms with van der Waals surface area (Å²) in [6.45, 7) is 4.93. The molecule has 94 valence electrons. The van der Waals surface area contributed by atoms with E-state index in [1.807, 2.05) is 31.5 Å². The zero-order valence-electron chi connectivity index (χ0n) is 11.0. The number of carbonyl (C=O) groups is 1. The van der Waals surface area contributed by atoms with Crippen molar-refractivity contribution in [2.24, 2.45) is 13.0 Å². The van der Waals surface area contributed by atoms with Crippen LogP contribution in [0.1, 0.15) is 41.0 Å². The summed E-state index contributed by atoms with van der Waals surface area (Å²) < 4.78 is 7.49. The molecule has 0 radical (unpaired) electrons. The van der Waals surface area contributed by atoms with Crippen molar-refractivity contribution in [1.82, 2.24) is 4.57 Å². The Kier molecular flexibility index (Phi) is 3.67. The van der Waals surface area contributed by atoms with Crippen molar-refractivity contribution in [1.29, 1.82) is 0 Å². The van der Waals surface area contributed by atoms with E-state index >= 15 is 0 Å². The number of ketones is 1. The Morgan fingerprint density at radius 2 is 2.18 bits per heavy atom. The second-order valence-electron chi connectivity index (χ2n) is 5.05. The lowest BCUT2D eigenvalue weighted by Crippen LogP contribution is -2.11. The minimum atomic E-state index is 0.0991. The number of hydrogen-bond acceptors (Lipinski definition) is 2. The predicted octanol–water partition coefficient (Wildman–Crippen LogP) is 2.64. The molecule has 1 heterocycles. The lowest BCUT2D eigenvalue weighted by Gasteiger charge is -2.04. The fourth-order valence-corrected chi connectivity index (χ4v) is 2.04. The Hall–Kier alpha value is -1.09. The van der Waals surface area contributed by atoms with Crippen LogP contribution in [-0.2, 0) is 11.8 Å². The summed E-state index contributed by atoms with van der Waals surface area (Å²) in [4.78, 5) is 12.0. The van der Waals surface area contributed by atoms with E-state index < -0.39 is 0 Å². The molecule has 3 nitrogen and oxygen atoms in total. The third-order valence-corrected chi connectivity index (χ3v) is 3.68. The Morgan fingerprint density at radius 3 is 2.71 bits per heavy atom. The first-order valence-corrected chi connectivity index (χ1v) is 6.33. The number of carbonyl (C=O) groups excluding carboxylic acids is 1. The number of aromatic nitrogens is 1. The third kappa shape index (κ3) is 2.97. The van der Waals surface area contributed by atoms with Crippen molar-refractivity contribution in [2.75, 3.05) is 13.2 Å². The molecule has 0 atom stereocenters. The minimum Gasteiger partial charge on any atom is -0.373 e. The number of Topliss-reactive ketones (excluding diaryl/α,β-unsaturated/α-hetero) is 1. The van der Waals surface area contributed by atoms with Crippen molar-refractivity contribution >= 4 is 5.78 Å². The van der Waals surface area contributed by atoms with Crippen LogP contribution in [0.3, 0.4) is 0 Å². The number of hydrogen-bond donors (Lipinski definition) is 0. The minimum absolute atomic E-state index is 0.0991. The molecule has 1 aromatic rings. The summed E-state index contributed by atoms with van der Waals surface area (Å²) in [6.07, 6.45) is 3.79. The predicted molar refractivity (Wildman–Crippen MR) is 67.4 cm³/mol. The van der Waals surface area contributed by atoms with Gasteiger partial charge in [-0.25, -0.2) is 0 Å². The van der Waals surface area contributed by atoms with E-state index in [1.54, 1.807) is 0 Å². The maximum absolute atomic E-state index is 12.0. The Balaban J connectivity index is 1.83. The van der Waals surface area contributed by atoms with Crippen LogP contribution in [0.15, 0.2) is 6.07 Å². The van der Waals surface area contributed by atoms with E-state index in [0.29, 0.717) is 0 Å². The van der Waals surface area contributed by atoms with Gasteiger partial charge in [0.1, 0.15) is 6.61 Å². The molecule has 0 amide bonds. The van der Waals surface area contributed by atoms with Crippen LogP contribution in [0.5, 0.6) is 0 Å². The van der Waals surface area contributed by atoms with Crippen molar-refractivity contribution in [2.45, 2.75) is 33.1 Å². The molecule has 2 rings (SSSR count). The molecule has 0 saturated heterocycles. The number of aryl methyl sites for hydroxylation is 1. The summed E-state index contributed by atoms with van der Waals surface area (Å²) in [5.74, 6) is 0.966. The van der Waals surface area contributed by atoms with Gasteiger partial charge in [-0.3, -0.25) is 4.79 Å². The van der Waals surface area contributed by atoms with Crippen molar-refractivity contribution < 1.29 is 9.53 Å². The molecule has 3 heteroatoms. The molecule has 1 fully saturated rings. The molecule has 0 spiro atoms. The van der Waals surface area contributed by atoms with Crippen LogP contribution < -0.4 is 0 Å². The average molecular weight is 235 g/mol. The lowest BCUT2D eigenvalue weighted by molar-refractivity contribution is 0.0748. The molecule has 0 aliphatic heterocycles. The van der Waals surface area contributed by atoms with Crippen LogP contribution in [0.2, 0.25) is 0 Å². The molecule has 1 aliphatic rings. The van der Waals surface area contributed by atoms with Gasteiger partial charge >= 0.3 is 0 Å². The Bertz CT molecular complexity index is 416. The van der Waals surface area contributed by atoms with Crippen LogP contribution in [0, 0.1) is 19.8 Å². The second kappa shape index (κ2) is 5.05. The molecular weight excluding hydrogens is 214 g/mol. The van der Waals surface area contributed by atoms with E-state index in [4.69, 9.17) is 4.74 Å². The number of rotatable bonds is 6. The normalized spacial score (nSPS) is 15.2. The van der Waals surface area contributed by atoms with Crippen molar-refractivity contribution in [3.05, 3.63) is 23.0 Å². The van der Waals surface area contributed by atoms with Gasteiger partial charge in [0.05, 0.1) is 0 Å². The first kappa shape index (κ1) is 12.4. The van der Waals surface area contributed by atoms with E-state index in [1.165, 1.54) is 12.8 Å². The van der Waals surface area contributed by atoms with Crippen molar-refractivity contribution in [3.8, 4) is 0 Å². The lowest BCUT2D eigenvalue weighted by atomic mass is 10.1. The molecule has 0 N–H and O–H groups in total. The molecule has 0 unspecified atom stereocenters. The summed E-state index contributed by atoms with van der Waals surface area (Å²) in [5, 5.41) is 0. The van der Waals surface area contributed by atoms with Crippen LogP contribution in [0.4, 0.5) is 0 Å². The molecule has 1 saturated carbocycles. The number of nitrogens with zero attached hydrogens (tertiary/aromatic N) is 1. The highest BCUT2D eigenvalue weighted by Gasteiger charge is 2.21. The van der Waals surface area contributed by atoms with Crippen LogP contribution >= 0.6 is 0 Å². The average Bonchev–Trinajstić information content (AvgIpc) is 3.09. The van der Waals surface area contributed by atoms with Gasteiger partial charge in [-0.2, -0.15) is 0 Å². The maximum atomic E-state index is 12.0. The van der Waals surface area contributed by atoms with E-state index in [2.05, 4.69) is 0 Å². The molecule has 0 bridgehead atoms. The maximum Gasteiger partial charge on any atom is 0.190 e. The molecule has 17 heavy (non-hydrogen) atoms. The largest absolute Gasteiger partial charge is 0.373 e. The molecule has 0 aromatic carbocycles. The third-order valence-electron chi connectivity index (χ3n) is 3.68. The molecule has 1 aliphatic carbocycles. The quantitative estimate of drug-likeness (QED) is 0.560. The van der Waals surface area contributed by atoms with Gasteiger partial charge in [-0.15, -0.1) is 0 Å². The fourth-order valence-electron chi connectivity index (χ4n) is 2.04. The Morgan fingerprint density at radius 1 is 1.47 bits per heavy atom. The zero-order chi connectivity index (χ0) is 12.4. The van der Waals surface area contributed by atoms with Crippen LogP contribution in [-0.4, -0.2) is 23.6 Å². The summed E-state index contributed by atoms with van der Waals surface area (Å²) in [7, 11) is 1.98. The van der Waals surface area contributed by atoms with Gasteiger partial charge in [0.25, 0.3) is 0 Å². The van der Waals surface area contributed by atoms with E-state index in [9.17, 15) is 4.79 Å². The highest BCUT2D eigenvalue weighted by atomic mass is 16.5. The van der Waals surface area contributed by atoms with Crippen LogP contribution in [0.25, 0.3) is 0 Å². The first-order valence-electron chi connectivity index (χ1n) is 6.33. The van der Waals surface area contributed by atoms with Gasteiger partial charge < -0.3 is 9.30 Å². The van der Waals surface area contributed by atoms with E-state index in [0.717, 1.165) is 35.9 Å². The van der Waals surface area contributed by atoms with E-state index in [-0.39, 0.29) is 12.4 Å². The molecule has 1 aromatic heterocycles. The second-order valence-corrected chi connectivity index (χ2v) is 5.05. The Labute approximate surface area is 103 Å². The summed E-state index contributed by atoms with van der Waals surface area (Å²) in [6, 6.07) is 1.95. The monoisotopic (exact) mass is 235 g/mol. The SMILES string of the molecule is Cc1cc(C(=O)COCCC2CC2)c(C)n1C. The standard InChI is InChI=1S/C14H21NO2/c1-10-8-13(11(2)15(10)3)14(16)9-17-7-6-12-4-5-12/h8,12H,4-7,9H2,1-3H3. The smallest absolute Gasteiger partial charge is 0.190 e. The van der Waals surface area contributed by atoms with Gasteiger partial charge in [-0.05, 0) is 32.3 Å². The molecular formula is C14H21NO2. The van der Waals surface area contributed by atoms with Crippen molar-refractivity contribution in [3.63, 3.8) is 0 Å². The van der Waals surface area contributed by atoms with Gasteiger partial charge in [0.15, 0.2) is 5.78 Å². The summed E-state index contributed by atoms with van der Waals surface area (Å²) >= 11 is 0. The highest BCUT2D eigenvalue weighted by Crippen LogP contribution is 2.32. The highest BCUT2D eigenvalue weighted by molar-refractivity contribution is 5.98. The topological polar surface area (TPSA) is 31.2 Å². The van der Waals surface area contributed by atoms with Gasteiger partial charge in [-0.1, -0.05) is 12.8 Å². The van der Waals surface area contributed by atoms with Gasteiger partial charge in [0.2, 0.25) is 0 Å². The van der Waals surface area contributed by atoms with Gasteiger partial charge in [0, 0.05) is 30.6 Å². The fraction of sp³-hybridized carbons (Fsp3) is 0.643. The summed E-state index contributed by atoms with van der Waals surface area (Å²) in [5.41, 5.74) is 2.94.